The van der Waals surface area contributed by atoms with Gasteiger partial charge in [0.2, 0.25) is 0 Å². The van der Waals surface area contributed by atoms with E-state index in [4.69, 9.17) is 10.8 Å². The highest BCUT2D eigenvalue weighted by molar-refractivity contribution is 5.90. The molecule has 4 heteroatoms. The average Bonchev–Trinajstić information content (AvgIpc) is 2.07. The Kier molecular flexibility index (Phi) is 5.55. The third-order valence-electron chi connectivity index (χ3n) is 0.917. The van der Waals surface area contributed by atoms with Crippen LogP contribution in [-0.2, 0) is 0 Å². The van der Waals surface area contributed by atoms with Crippen molar-refractivity contribution in [2.75, 3.05) is 6.61 Å². The molecule has 0 saturated heterocycles. The number of rotatable bonds is 1. The van der Waals surface area contributed by atoms with Crippen LogP contribution in [0, 0.1) is 0 Å². The topological polar surface area (TPSA) is 76.2 Å². The molecule has 66 valence electrons. The predicted octanol–water partition coefficient (Wildman–Crippen LogP) is 0.179. The molecular formula is C8H12N2O2. The van der Waals surface area contributed by atoms with E-state index in [0.717, 1.165) is 0 Å². The van der Waals surface area contributed by atoms with Gasteiger partial charge in [-0.2, -0.15) is 0 Å². The first-order valence-electron chi connectivity index (χ1n) is 3.54. The van der Waals surface area contributed by atoms with Gasteiger partial charge in [0.15, 0.2) is 0 Å². The van der Waals surface area contributed by atoms with Crippen molar-refractivity contribution in [1.29, 1.82) is 0 Å². The number of nitrogens with zero attached hydrogens (tertiary/aromatic N) is 1. The second kappa shape index (κ2) is 6.30. The number of hydrogen-bond acceptors (Lipinski definition) is 3. The number of carbonyl (C=O) groups is 1. The molecule has 12 heavy (non-hydrogen) atoms. The fourth-order valence-electron chi connectivity index (χ4n) is 0.509. The Morgan fingerprint density at radius 3 is 2.50 bits per heavy atom. The molecule has 0 bridgehead atoms. The molecule has 3 N–H and O–H groups in total. The van der Waals surface area contributed by atoms with Crippen LogP contribution in [0.3, 0.4) is 0 Å². The summed E-state index contributed by atoms with van der Waals surface area (Å²) < 4.78 is 0. The molecule has 0 atom stereocenters. The lowest BCUT2D eigenvalue weighted by molar-refractivity contribution is 0.0995. The number of pyridine rings is 1. The van der Waals surface area contributed by atoms with Gasteiger partial charge in [-0.1, -0.05) is 6.07 Å². The van der Waals surface area contributed by atoms with Crippen molar-refractivity contribution in [3.63, 3.8) is 0 Å². The summed E-state index contributed by atoms with van der Waals surface area (Å²) in [4.78, 5) is 14.1. The second-order valence-corrected chi connectivity index (χ2v) is 1.90. The third-order valence-corrected chi connectivity index (χ3v) is 0.917. The third kappa shape index (κ3) is 4.40. The van der Waals surface area contributed by atoms with E-state index in [1.165, 1.54) is 6.20 Å². The Morgan fingerprint density at radius 2 is 2.25 bits per heavy atom. The first-order valence-corrected chi connectivity index (χ1v) is 3.54. The van der Waals surface area contributed by atoms with Crippen LogP contribution in [0.15, 0.2) is 24.4 Å². The number of carbonyl (C=O) groups excluding carboxylic acids is 1. The monoisotopic (exact) mass is 168 g/mol. The lowest BCUT2D eigenvalue weighted by Crippen LogP contribution is -2.12. The molecule has 0 unspecified atom stereocenters. The van der Waals surface area contributed by atoms with E-state index in [-0.39, 0.29) is 6.61 Å². The van der Waals surface area contributed by atoms with Gasteiger partial charge in [0.1, 0.15) is 5.69 Å². The summed E-state index contributed by atoms with van der Waals surface area (Å²) in [6, 6.07) is 5.02. The summed E-state index contributed by atoms with van der Waals surface area (Å²) in [5.41, 5.74) is 5.22. The summed E-state index contributed by atoms with van der Waals surface area (Å²) in [7, 11) is 0. The quantitative estimate of drug-likeness (QED) is 0.628. The fraction of sp³-hybridized carbons (Fsp3) is 0.250. The Morgan fingerprint density at radius 1 is 1.67 bits per heavy atom. The highest BCUT2D eigenvalue weighted by Gasteiger charge is 1.95. The van der Waals surface area contributed by atoms with Gasteiger partial charge in [0.25, 0.3) is 5.91 Å². The number of amides is 1. The van der Waals surface area contributed by atoms with Crippen molar-refractivity contribution in [2.24, 2.45) is 5.73 Å². The largest absolute Gasteiger partial charge is 0.397 e. The maximum Gasteiger partial charge on any atom is 0.267 e. The molecule has 0 saturated carbocycles. The molecule has 0 radical (unpaired) electrons. The van der Waals surface area contributed by atoms with Crippen molar-refractivity contribution in [1.82, 2.24) is 4.98 Å². The van der Waals surface area contributed by atoms with Crippen LogP contribution in [0.25, 0.3) is 0 Å². The summed E-state index contributed by atoms with van der Waals surface area (Å²) >= 11 is 0. The van der Waals surface area contributed by atoms with Crippen molar-refractivity contribution in [3.05, 3.63) is 30.1 Å². The van der Waals surface area contributed by atoms with Gasteiger partial charge in [-0.05, 0) is 19.1 Å². The number of aromatic nitrogens is 1. The minimum atomic E-state index is -0.490. The number of hydrogen-bond donors (Lipinski definition) is 2. The van der Waals surface area contributed by atoms with Gasteiger partial charge in [-0.15, -0.1) is 0 Å². The number of aliphatic hydroxyl groups excluding tert-OH is 1. The van der Waals surface area contributed by atoms with E-state index in [9.17, 15) is 4.79 Å². The smallest absolute Gasteiger partial charge is 0.267 e. The molecule has 0 aliphatic carbocycles. The zero-order chi connectivity index (χ0) is 9.40. The van der Waals surface area contributed by atoms with Crippen LogP contribution in [0.5, 0.6) is 0 Å². The molecule has 4 nitrogen and oxygen atoms in total. The van der Waals surface area contributed by atoms with Crippen molar-refractivity contribution in [3.8, 4) is 0 Å². The van der Waals surface area contributed by atoms with Crippen molar-refractivity contribution >= 4 is 5.91 Å². The van der Waals surface area contributed by atoms with Crippen LogP contribution >= 0.6 is 0 Å². The molecule has 1 aromatic heterocycles. The van der Waals surface area contributed by atoms with Crippen LogP contribution in [0.4, 0.5) is 0 Å². The fourth-order valence-corrected chi connectivity index (χ4v) is 0.509. The molecular weight excluding hydrogens is 156 g/mol. The van der Waals surface area contributed by atoms with Crippen molar-refractivity contribution < 1.29 is 9.90 Å². The minimum Gasteiger partial charge on any atom is -0.397 e. The van der Waals surface area contributed by atoms with E-state index in [2.05, 4.69) is 4.98 Å². The van der Waals surface area contributed by atoms with Gasteiger partial charge in [0.05, 0.1) is 0 Å². The average molecular weight is 168 g/mol. The Hall–Kier alpha value is -1.42. The van der Waals surface area contributed by atoms with E-state index in [0.29, 0.717) is 5.69 Å². The zero-order valence-electron chi connectivity index (χ0n) is 6.90. The first kappa shape index (κ1) is 10.6. The van der Waals surface area contributed by atoms with Crippen LogP contribution in [0.1, 0.15) is 17.4 Å². The van der Waals surface area contributed by atoms with Crippen LogP contribution in [0.2, 0.25) is 0 Å². The minimum absolute atomic E-state index is 0.250. The summed E-state index contributed by atoms with van der Waals surface area (Å²) in [5, 5.41) is 7.57. The van der Waals surface area contributed by atoms with Gasteiger partial charge in [0, 0.05) is 12.8 Å². The van der Waals surface area contributed by atoms with E-state index in [1.807, 2.05) is 0 Å². The Bertz CT molecular complexity index is 224. The number of aliphatic hydroxyl groups is 1. The van der Waals surface area contributed by atoms with Crippen LogP contribution < -0.4 is 5.73 Å². The molecule has 0 aliphatic rings. The summed E-state index contributed by atoms with van der Waals surface area (Å²) in [6.07, 6.45) is 1.53. The predicted molar refractivity (Wildman–Crippen MR) is 45.5 cm³/mol. The zero-order valence-corrected chi connectivity index (χ0v) is 6.90. The van der Waals surface area contributed by atoms with E-state index >= 15 is 0 Å². The molecule has 0 aromatic carbocycles. The highest BCUT2D eigenvalue weighted by Crippen LogP contribution is 1.88. The lowest BCUT2D eigenvalue weighted by atomic mass is 10.3. The normalized spacial score (nSPS) is 8.17. The Balaban J connectivity index is 0.000000354. The van der Waals surface area contributed by atoms with Crippen LogP contribution in [-0.4, -0.2) is 22.6 Å². The summed E-state index contributed by atoms with van der Waals surface area (Å²) in [6.45, 7) is 1.93. The molecule has 1 rings (SSSR count). The molecule has 1 amide bonds. The molecule has 1 aromatic rings. The van der Waals surface area contributed by atoms with Gasteiger partial charge < -0.3 is 10.8 Å². The van der Waals surface area contributed by atoms with Gasteiger partial charge in [-0.3, -0.25) is 9.78 Å². The highest BCUT2D eigenvalue weighted by atomic mass is 16.2. The molecule has 0 fully saturated rings. The number of primary amides is 1. The van der Waals surface area contributed by atoms with Gasteiger partial charge >= 0.3 is 0 Å². The van der Waals surface area contributed by atoms with Crippen molar-refractivity contribution in [2.45, 2.75) is 6.92 Å². The maximum atomic E-state index is 10.4. The molecule has 1 heterocycles. The molecule has 0 spiro atoms. The second-order valence-electron chi connectivity index (χ2n) is 1.90. The summed E-state index contributed by atoms with van der Waals surface area (Å²) in [5.74, 6) is -0.490. The lowest BCUT2D eigenvalue weighted by Gasteiger charge is -1.88. The standard InChI is InChI=1S/C6H6N2O.C2H6O/c7-6(9)5-3-1-2-4-8-5;1-2-3/h1-4H,(H2,7,9);3H,2H2,1H3. The maximum absolute atomic E-state index is 10.4. The number of nitrogens with two attached hydrogens (primary N) is 1. The Labute approximate surface area is 71.0 Å². The van der Waals surface area contributed by atoms with E-state index in [1.54, 1.807) is 25.1 Å². The SMILES string of the molecule is CCO.NC(=O)c1ccccn1. The van der Waals surface area contributed by atoms with E-state index < -0.39 is 5.91 Å². The van der Waals surface area contributed by atoms with Gasteiger partial charge in [-0.25, -0.2) is 0 Å². The molecule has 0 aliphatic heterocycles. The first-order chi connectivity index (χ1) is 5.72.